The Hall–Kier alpha value is -4.34. The van der Waals surface area contributed by atoms with Crippen molar-refractivity contribution in [3.63, 3.8) is 0 Å². The van der Waals surface area contributed by atoms with Gasteiger partial charge in [-0.2, -0.15) is 0 Å². The monoisotopic (exact) mass is 526 g/mol. The molecule has 0 bridgehead atoms. The van der Waals surface area contributed by atoms with E-state index in [1.54, 1.807) is 78.9 Å². The molecule has 0 aliphatic heterocycles. The largest absolute Gasteiger partial charge is 0.296 e. The van der Waals surface area contributed by atoms with Crippen molar-refractivity contribution in [1.29, 1.82) is 0 Å². The molecule has 1 aromatic heterocycles. The number of amides is 1. The summed E-state index contributed by atoms with van der Waals surface area (Å²) in [6, 6.07) is 33.7. The summed E-state index contributed by atoms with van der Waals surface area (Å²) in [4.78, 5) is 13.0. The van der Waals surface area contributed by atoms with Gasteiger partial charge in [0, 0.05) is 11.1 Å². The summed E-state index contributed by atoms with van der Waals surface area (Å²) in [5.41, 5.74) is 2.65. The lowest BCUT2D eigenvalue weighted by atomic mass is 10.1. The van der Waals surface area contributed by atoms with E-state index >= 15 is 0 Å². The Morgan fingerprint density at radius 3 is 2.00 bits per heavy atom. The zero-order valence-corrected chi connectivity index (χ0v) is 21.2. The fraction of sp³-hybridized carbons (Fsp3) is 0.0357. The molecule has 0 spiro atoms. The number of hydrogen-bond acceptors (Lipinski definition) is 6. The van der Waals surface area contributed by atoms with Gasteiger partial charge in [0.15, 0.2) is 0 Å². The summed E-state index contributed by atoms with van der Waals surface area (Å²) in [6.45, 7) is 0.111. The molecule has 0 aliphatic rings. The first kappa shape index (κ1) is 24.4. The number of benzene rings is 4. The van der Waals surface area contributed by atoms with Crippen molar-refractivity contribution in [3.05, 3.63) is 126 Å². The molecule has 5 aromatic rings. The summed E-state index contributed by atoms with van der Waals surface area (Å²) in [6.07, 6.45) is 0. The Bertz CT molecular complexity index is 1590. The Labute approximate surface area is 219 Å². The molecule has 0 saturated carbocycles. The standard InChI is InChI=1S/C28H22N4O3S2/c33-26(29-28-31-30-27(36-28)23-10-4-1-5-11-23)22-18-16-21(17-19-22)20-32(24-12-6-2-7-13-24)37(34,35)25-14-8-3-9-15-25/h1-19H,20H2,(H,29,31,33). The second-order valence-corrected chi connectivity index (χ2v) is 10.9. The number of nitrogens with zero attached hydrogens (tertiary/aromatic N) is 3. The topological polar surface area (TPSA) is 92.3 Å². The number of sulfonamides is 1. The van der Waals surface area contributed by atoms with Crippen molar-refractivity contribution in [2.45, 2.75) is 11.4 Å². The molecule has 1 heterocycles. The number of para-hydroxylation sites is 1. The number of nitrogens with one attached hydrogen (secondary N) is 1. The van der Waals surface area contributed by atoms with E-state index in [9.17, 15) is 13.2 Å². The molecule has 0 atom stereocenters. The number of aromatic nitrogens is 2. The lowest BCUT2D eigenvalue weighted by Crippen LogP contribution is -2.30. The van der Waals surface area contributed by atoms with Crippen LogP contribution in [0, 0.1) is 0 Å². The Morgan fingerprint density at radius 2 is 1.35 bits per heavy atom. The molecule has 0 radical (unpaired) electrons. The van der Waals surface area contributed by atoms with Gasteiger partial charge in [0.2, 0.25) is 5.13 Å². The predicted molar refractivity (Wildman–Crippen MR) is 146 cm³/mol. The van der Waals surface area contributed by atoms with Crippen LogP contribution in [-0.2, 0) is 16.6 Å². The van der Waals surface area contributed by atoms with Crippen LogP contribution in [0.4, 0.5) is 10.8 Å². The Kier molecular flexibility index (Phi) is 7.07. The first-order chi connectivity index (χ1) is 18.0. The third-order valence-electron chi connectivity index (χ3n) is 5.58. The smallest absolute Gasteiger partial charge is 0.264 e. The zero-order valence-electron chi connectivity index (χ0n) is 19.6. The van der Waals surface area contributed by atoms with Gasteiger partial charge in [0.05, 0.1) is 17.1 Å². The summed E-state index contributed by atoms with van der Waals surface area (Å²) < 4.78 is 28.3. The Balaban J connectivity index is 1.33. The summed E-state index contributed by atoms with van der Waals surface area (Å²) in [5.74, 6) is -0.320. The summed E-state index contributed by atoms with van der Waals surface area (Å²) in [5, 5.41) is 12.1. The van der Waals surface area contributed by atoms with Crippen molar-refractivity contribution < 1.29 is 13.2 Å². The molecular weight excluding hydrogens is 504 g/mol. The van der Waals surface area contributed by atoms with E-state index in [1.165, 1.54) is 15.6 Å². The van der Waals surface area contributed by atoms with Crippen molar-refractivity contribution in [1.82, 2.24) is 10.2 Å². The van der Waals surface area contributed by atoms with Gasteiger partial charge in [-0.1, -0.05) is 90.2 Å². The molecule has 37 heavy (non-hydrogen) atoms. The van der Waals surface area contributed by atoms with Crippen LogP contribution in [0.25, 0.3) is 10.6 Å². The van der Waals surface area contributed by atoms with Crippen LogP contribution < -0.4 is 9.62 Å². The van der Waals surface area contributed by atoms with Gasteiger partial charge in [0.25, 0.3) is 15.9 Å². The van der Waals surface area contributed by atoms with Crippen molar-refractivity contribution in [2.24, 2.45) is 0 Å². The first-order valence-corrected chi connectivity index (χ1v) is 13.7. The number of rotatable bonds is 8. The number of carbonyl (C=O) groups excluding carboxylic acids is 1. The van der Waals surface area contributed by atoms with Crippen molar-refractivity contribution in [2.75, 3.05) is 9.62 Å². The van der Waals surface area contributed by atoms with Gasteiger partial charge < -0.3 is 0 Å². The minimum Gasteiger partial charge on any atom is -0.296 e. The molecule has 7 nitrogen and oxygen atoms in total. The molecule has 1 N–H and O–H groups in total. The molecule has 0 saturated heterocycles. The third-order valence-corrected chi connectivity index (χ3v) is 8.26. The molecule has 1 amide bonds. The lowest BCUT2D eigenvalue weighted by molar-refractivity contribution is 0.102. The van der Waals surface area contributed by atoms with E-state index in [-0.39, 0.29) is 17.3 Å². The molecule has 184 valence electrons. The summed E-state index contributed by atoms with van der Waals surface area (Å²) >= 11 is 1.29. The van der Waals surface area contributed by atoms with E-state index in [1.807, 2.05) is 36.4 Å². The van der Waals surface area contributed by atoms with E-state index in [4.69, 9.17) is 0 Å². The lowest BCUT2D eigenvalue weighted by Gasteiger charge is -2.24. The number of hydrogen-bond donors (Lipinski definition) is 1. The number of anilines is 2. The highest BCUT2D eigenvalue weighted by molar-refractivity contribution is 7.92. The molecule has 9 heteroatoms. The van der Waals surface area contributed by atoms with Crippen molar-refractivity contribution in [3.8, 4) is 10.6 Å². The highest BCUT2D eigenvalue weighted by Gasteiger charge is 2.25. The van der Waals surface area contributed by atoms with Gasteiger partial charge in [-0.05, 0) is 42.0 Å². The average molecular weight is 527 g/mol. The van der Waals surface area contributed by atoms with Crippen LogP contribution in [0.5, 0.6) is 0 Å². The second-order valence-electron chi connectivity index (χ2n) is 8.09. The minimum absolute atomic E-state index is 0.111. The maximum atomic E-state index is 13.5. The van der Waals surface area contributed by atoms with Gasteiger partial charge in [-0.15, -0.1) is 10.2 Å². The second kappa shape index (κ2) is 10.7. The summed E-state index contributed by atoms with van der Waals surface area (Å²) in [7, 11) is -3.80. The maximum absolute atomic E-state index is 13.5. The van der Waals surface area contributed by atoms with Gasteiger partial charge >= 0.3 is 0 Å². The molecule has 0 fully saturated rings. The van der Waals surface area contributed by atoms with Gasteiger partial charge in [-0.3, -0.25) is 14.4 Å². The highest BCUT2D eigenvalue weighted by Crippen LogP contribution is 2.27. The van der Waals surface area contributed by atoms with Gasteiger partial charge in [0.1, 0.15) is 5.01 Å². The Morgan fingerprint density at radius 1 is 0.757 bits per heavy atom. The van der Waals surface area contributed by atoms with E-state index in [0.29, 0.717) is 21.4 Å². The third kappa shape index (κ3) is 5.58. The molecule has 4 aromatic carbocycles. The minimum atomic E-state index is -3.80. The molecule has 0 unspecified atom stereocenters. The quantitative estimate of drug-likeness (QED) is 0.274. The average Bonchev–Trinajstić information content (AvgIpc) is 3.42. The van der Waals surface area contributed by atoms with Crippen molar-refractivity contribution >= 4 is 38.1 Å². The van der Waals surface area contributed by atoms with E-state index < -0.39 is 10.0 Å². The fourth-order valence-corrected chi connectivity index (χ4v) is 5.91. The van der Waals surface area contributed by atoms with Crippen LogP contribution >= 0.6 is 11.3 Å². The number of carbonyl (C=O) groups is 1. The normalized spacial score (nSPS) is 11.1. The fourth-order valence-electron chi connectivity index (χ4n) is 3.70. The first-order valence-electron chi connectivity index (χ1n) is 11.4. The zero-order chi connectivity index (χ0) is 25.7. The van der Waals surface area contributed by atoms with Gasteiger partial charge in [-0.25, -0.2) is 8.42 Å². The maximum Gasteiger partial charge on any atom is 0.264 e. The highest BCUT2D eigenvalue weighted by atomic mass is 32.2. The molecule has 0 aliphatic carbocycles. The van der Waals surface area contributed by atoms with Crippen LogP contribution in [0.15, 0.2) is 120 Å². The van der Waals surface area contributed by atoms with Crippen LogP contribution in [0.1, 0.15) is 15.9 Å². The van der Waals surface area contributed by atoms with Crippen LogP contribution in [-0.4, -0.2) is 24.5 Å². The predicted octanol–water partition coefficient (Wildman–Crippen LogP) is 5.85. The van der Waals surface area contributed by atoms with E-state index in [2.05, 4.69) is 15.5 Å². The SMILES string of the molecule is O=C(Nc1nnc(-c2ccccc2)s1)c1ccc(CN(c2ccccc2)S(=O)(=O)c2ccccc2)cc1. The van der Waals surface area contributed by atoms with Crippen LogP contribution in [0.3, 0.4) is 0 Å². The molecular formula is C28H22N4O3S2. The van der Waals surface area contributed by atoms with E-state index in [0.717, 1.165) is 11.1 Å². The molecule has 5 rings (SSSR count). The van der Waals surface area contributed by atoms with Crippen LogP contribution in [0.2, 0.25) is 0 Å².